The smallest absolute Gasteiger partial charge is 0.238 e. The Kier molecular flexibility index (Phi) is 9.30. The zero-order valence-corrected chi connectivity index (χ0v) is 33.6. The Labute approximate surface area is 342 Å². The summed E-state index contributed by atoms with van der Waals surface area (Å²) >= 11 is 0. The van der Waals surface area contributed by atoms with Crippen LogP contribution in [0, 0.1) is 0 Å². The van der Waals surface area contributed by atoms with E-state index in [1.165, 1.54) is 0 Å². The highest BCUT2D eigenvalue weighted by Crippen LogP contribution is 2.46. The number of aromatic nitrogens is 4. The van der Waals surface area contributed by atoms with Crippen molar-refractivity contribution in [3.63, 3.8) is 0 Å². The number of nitrogens with zero attached hydrogens (tertiary/aromatic N) is 4. The molecule has 10 aromatic rings. The molecule has 282 valence electrons. The maximum atomic E-state index is 15.8. The normalized spacial score (nSPS) is 11.9. The molecule has 10 rings (SSSR count). The van der Waals surface area contributed by atoms with Crippen LogP contribution in [-0.2, 0) is 9.13 Å². The summed E-state index contributed by atoms with van der Waals surface area (Å²) in [6.07, 6.45) is 0. The van der Waals surface area contributed by atoms with Gasteiger partial charge in [-0.3, -0.25) is 4.57 Å². The highest BCUT2D eigenvalue weighted by molar-refractivity contribution is 7.85. The first-order valence-electron chi connectivity index (χ1n) is 19.4. The summed E-state index contributed by atoms with van der Waals surface area (Å²) in [4.78, 5) is 15.2. The summed E-state index contributed by atoms with van der Waals surface area (Å²) in [6, 6.07) is 70.6. The minimum absolute atomic E-state index is 0.432. The molecular formula is C51H36N4O2P2. The molecule has 0 saturated carbocycles. The van der Waals surface area contributed by atoms with Gasteiger partial charge in [-0.15, -0.1) is 0 Å². The van der Waals surface area contributed by atoms with Crippen molar-refractivity contribution in [3.8, 4) is 28.7 Å². The van der Waals surface area contributed by atoms with Crippen LogP contribution >= 0.6 is 14.3 Å². The van der Waals surface area contributed by atoms with Gasteiger partial charge in [-0.25, -0.2) is 4.98 Å². The van der Waals surface area contributed by atoms with Gasteiger partial charge in [0, 0.05) is 53.7 Å². The van der Waals surface area contributed by atoms with E-state index in [-0.39, 0.29) is 0 Å². The Balaban J connectivity index is 1.29. The molecule has 0 aliphatic rings. The lowest BCUT2D eigenvalue weighted by Crippen LogP contribution is -2.25. The SMILES string of the molecule is O=P(c1ccccc1)(c1ccccc1)c1ccc2c(c1)c1cc(P(=O)(c3ccccc3)c3ccccc3)ccc1n2-c1nc(-c2ccccc2)nc(-c2ccccc2)n1. The largest absolute Gasteiger partial charge is 0.309 e. The maximum absolute atomic E-state index is 15.8. The molecule has 6 nitrogen and oxygen atoms in total. The lowest BCUT2D eigenvalue weighted by Gasteiger charge is -2.20. The third-order valence-electron chi connectivity index (χ3n) is 10.8. The van der Waals surface area contributed by atoms with Gasteiger partial charge in [0.25, 0.3) is 0 Å². The molecule has 0 radical (unpaired) electrons. The highest BCUT2D eigenvalue weighted by atomic mass is 31.2. The van der Waals surface area contributed by atoms with Crippen LogP contribution in [0.5, 0.6) is 0 Å². The summed E-state index contributed by atoms with van der Waals surface area (Å²) < 4.78 is 33.6. The number of fused-ring (bicyclic) bond motifs is 3. The molecule has 0 saturated heterocycles. The lowest BCUT2D eigenvalue weighted by atomic mass is 10.1. The van der Waals surface area contributed by atoms with Crippen LogP contribution in [0.15, 0.2) is 218 Å². The molecule has 2 heterocycles. The van der Waals surface area contributed by atoms with E-state index >= 15 is 9.13 Å². The van der Waals surface area contributed by atoms with Gasteiger partial charge in [0.1, 0.15) is 0 Å². The summed E-state index contributed by atoms with van der Waals surface area (Å²) in [5, 5.41) is 6.01. The standard InChI is InChI=1S/C51H36N4O2P2/c56-58(39-23-11-3-12-24-39,40-25-13-4-14-26-40)43-31-33-47-45(35-43)46-36-44(59(57,41-27-15-5-16-28-41)42-29-17-6-18-30-42)32-34-48(46)55(47)51-53-49(37-19-7-1-8-20-37)52-50(54-51)38-21-9-2-10-22-38/h1-36H. The molecule has 0 atom stereocenters. The summed E-state index contributed by atoms with van der Waals surface area (Å²) in [6.45, 7) is 0. The third-order valence-corrected chi connectivity index (χ3v) is 16.9. The molecule has 0 bridgehead atoms. The van der Waals surface area contributed by atoms with Crippen LogP contribution in [0.25, 0.3) is 50.5 Å². The molecule has 0 unspecified atom stereocenters. The minimum Gasteiger partial charge on any atom is -0.309 e. The molecule has 0 amide bonds. The van der Waals surface area contributed by atoms with Gasteiger partial charge in [-0.05, 0) is 36.4 Å². The Morgan fingerprint density at radius 3 is 0.949 bits per heavy atom. The van der Waals surface area contributed by atoms with E-state index in [0.717, 1.165) is 54.2 Å². The fourth-order valence-electron chi connectivity index (χ4n) is 7.95. The van der Waals surface area contributed by atoms with Gasteiger partial charge in [-0.2, -0.15) is 9.97 Å². The average molecular weight is 799 g/mol. The van der Waals surface area contributed by atoms with Crippen LogP contribution in [0.4, 0.5) is 0 Å². The third kappa shape index (κ3) is 6.35. The van der Waals surface area contributed by atoms with Gasteiger partial charge < -0.3 is 9.13 Å². The first kappa shape index (κ1) is 36.4. The second kappa shape index (κ2) is 15.1. The predicted octanol–water partition coefficient (Wildman–Crippen LogP) is 9.58. The minimum atomic E-state index is -3.36. The van der Waals surface area contributed by atoms with Crippen LogP contribution in [0.3, 0.4) is 0 Å². The molecule has 0 aliphatic heterocycles. The molecule has 0 spiro atoms. The highest BCUT2D eigenvalue weighted by Gasteiger charge is 2.33. The van der Waals surface area contributed by atoms with Crippen molar-refractivity contribution in [2.45, 2.75) is 0 Å². The topological polar surface area (TPSA) is 77.7 Å². The zero-order chi connectivity index (χ0) is 39.8. The Hall–Kier alpha value is -6.97. The molecule has 0 fully saturated rings. The molecule has 0 aliphatic carbocycles. The second-order valence-corrected chi connectivity index (χ2v) is 19.8. The fraction of sp³-hybridized carbons (Fsp3) is 0. The first-order valence-corrected chi connectivity index (χ1v) is 22.8. The number of benzene rings is 8. The molecule has 59 heavy (non-hydrogen) atoms. The van der Waals surface area contributed by atoms with Gasteiger partial charge in [0.2, 0.25) is 5.95 Å². The second-order valence-electron chi connectivity index (χ2n) is 14.3. The number of rotatable bonds is 9. The number of hydrogen-bond acceptors (Lipinski definition) is 5. The monoisotopic (exact) mass is 798 g/mol. The van der Waals surface area contributed by atoms with Gasteiger partial charge >= 0.3 is 0 Å². The van der Waals surface area contributed by atoms with E-state index in [1.807, 2.05) is 223 Å². The molecule has 0 N–H and O–H groups in total. The predicted molar refractivity (Wildman–Crippen MR) is 244 cm³/mol. The Morgan fingerprint density at radius 1 is 0.322 bits per heavy atom. The first-order chi connectivity index (χ1) is 29.0. The Morgan fingerprint density at radius 2 is 0.627 bits per heavy atom. The van der Waals surface area contributed by atoms with Gasteiger partial charge in [0.05, 0.1) is 11.0 Å². The van der Waals surface area contributed by atoms with E-state index in [1.54, 1.807) is 0 Å². The van der Waals surface area contributed by atoms with E-state index < -0.39 is 14.3 Å². The molecule has 8 heteroatoms. The lowest BCUT2D eigenvalue weighted by molar-refractivity contribution is 0.591. The summed E-state index contributed by atoms with van der Waals surface area (Å²) in [5.74, 6) is 1.50. The van der Waals surface area contributed by atoms with E-state index in [9.17, 15) is 0 Å². The van der Waals surface area contributed by atoms with Crippen molar-refractivity contribution in [2.24, 2.45) is 0 Å². The van der Waals surface area contributed by atoms with Crippen LogP contribution in [0.2, 0.25) is 0 Å². The van der Waals surface area contributed by atoms with Crippen molar-refractivity contribution >= 4 is 67.9 Å². The molecule has 8 aromatic carbocycles. The van der Waals surface area contributed by atoms with Gasteiger partial charge in [-0.1, -0.05) is 182 Å². The maximum Gasteiger partial charge on any atom is 0.238 e. The van der Waals surface area contributed by atoms with Crippen LogP contribution < -0.4 is 31.8 Å². The van der Waals surface area contributed by atoms with Gasteiger partial charge in [0.15, 0.2) is 25.9 Å². The van der Waals surface area contributed by atoms with Crippen molar-refractivity contribution in [3.05, 3.63) is 218 Å². The Bertz CT molecular complexity index is 2900. The average Bonchev–Trinajstić information content (AvgIpc) is 3.65. The van der Waals surface area contributed by atoms with Crippen molar-refractivity contribution in [1.82, 2.24) is 19.5 Å². The summed E-state index contributed by atoms with van der Waals surface area (Å²) in [7, 11) is -6.73. The fourth-order valence-corrected chi connectivity index (χ4v) is 13.3. The molecule has 2 aromatic heterocycles. The zero-order valence-electron chi connectivity index (χ0n) is 31.8. The van der Waals surface area contributed by atoms with E-state index in [2.05, 4.69) is 0 Å². The van der Waals surface area contributed by atoms with Crippen molar-refractivity contribution in [2.75, 3.05) is 0 Å². The molecular weight excluding hydrogens is 763 g/mol. The van der Waals surface area contributed by atoms with Crippen LogP contribution in [0.1, 0.15) is 0 Å². The van der Waals surface area contributed by atoms with E-state index in [4.69, 9.17) is 15.0 Å². The van der Waals surface area contributed by atoms with Crippen molar-refractivity contribution < 1.29 is 9.13 Å². The summed E-state index contributed by atoms with van der Waals surface area (Å²) in [5.41, 5.74) is 3.34. The van der Waals surface area contributed by atoms with Crippen molar-refractivity contribution in [1.29, 1.82) is 0 Å². The quantitative estimate of drug-likeness (QED) is 0.136. The van der Waals surface area contributed by atoms with Crippen LogP contribution in [-0.4, -0.2) is 19.5 Å². The van der Waals surface area contributed by atoms with E-state index in [0.29, 0.717) is 28.2 Å². The number of hydrogen-bond donors (Lipinski definition) is 0.